The lowest BCUT2D eigenvalue weighted by Gasteiger charge is -2.48. The molecule has 0 aliphatic carbocycles. The molecule has 4 nitrogen and oxygen atoms in total. The molecule has 2 heterocycles. The molecular formula is C16H24FN3O. The highest BCUT2D eigenvalue weighted by Crippen LogP contribution is 2.35. The number of hydrogen-bond donors (Lipinski definition) is 1. The van der Waals surface area contributed by atoms with E-state index in [-0.39, 0.29) is 5.75 Å². The number of nitrogen functional groups attached to an aromatic ring is 1. The van der Waals surface area contributed by atoms with E-state index < -0.39 is 5.82 Å². The summed E-state index contributed by atoms with van der Waals surface area (Å²) in [6, 6.07) is 4.07. The van der Waals surface area contributed by atoms with Gasteiger partial charge < -0.3 is 15.4 Å². The molecule has 2 aliphatic heterocycles. The van der Waals surface area contributed by atoms with E-state index in [0.717, 1.165) is 18.8 Å². The molecule has 5 heteroatoms. The lowest BCUT2D eigenvalue weighted by Crippen LogP contribution is -2.59. The van der Waals surface area contributed by atoms with Gasteiger partial charge in [0.25, 0.3) is 0 Å². The zero-order chi connectivity index (χ0) is 15.0. The number of piperazine rings is 1. The summed E-state index contributed by atoms with van der Waals surface area (Å²) in [5.74, 6) is -0.139. The molecule has 21 heavy (non-hydrogen) atoms. The molecule has 2 atom stereocenters. The fraction of sp³-hybridized carbons (Fsp3) is 0.625. The highest BCUT2D eigenvalue weighted by Gasteiger charge is 2.34. The molecule has 0 spiro atoms. The Hall–Kier alpha value is -1.49. The zero-order valence-corrected chi connectivity index (χ0v) is 12.8. The topological polar surface area (TPSA) is 41.7 Å². The molecule has 0 bridgehead atoms. The first kappa shape index (κ1) is 14.4. The summed E-state index contributed by atoms with van der Waals surface area (Å²) in [6.45, 7) is 5.41. The van der Waals surface area contributed by atoms with Crippen molar-refractivity contribution in [1.82, 2.24) is 4.90 Å². The van der Waals surface area contributed by atoms with Crippen molar-refractivity contribution in [3.05, 3.63) is 17.9 Å². The molecule has 0 radical (unpaired) electrons. The summed E-state index contributed by atoms with van der Waals surface area (Å²) in [4.78, 5) is 4.89. The minimum Gasteiger partial charge on any atom is -0.494 e. The van der Waals surface area contributed by atoms with Crippen LogP contribution in [0.5, 0.6) is 5.75 Å². The molecule has 116 valence electrons. The Balaban J connectivity index is 1.88. The summed E-state index contributed by atoms with van der Waals surface area (Å²) in [5, 5.41) is 0. The number of hydrogen-bond acceptors (Lipinski definition) is 4. The molecule has 1 aromatic carbocycles. The Kier molecular flexibility index (Phi) is 3.93. The van der Waals surface area contributed by atoms with E-state index in [1.54, 1.807) is 6.07 Å². The smallest absolute Gasteiger partial charge is 0.167 e. The summed E-state index contributed by atoms with van der Waals surface area (Å²) < 4.78 is 18.8. The van der Waals surface area contributed by atoms with Gasteiger partial charge in [0.05, 0.1) is 18.5 Å². The van der Waals surface area contributed by atoms with Crippen molar-refractivity contribution in [2.24, 2.45) is 0 Å². The zero-order valence-electron chi connectivity index (χ0n) is 12.8. The van der Waals surface area contributed by atoms with Gasteiger partial charge in [-0.3, -0.25) is 4.90 Å². The average molecular weight is 293 g/mol. The van der Waals surface area contributed by atoms with Gasteiger partial charge in [0, 0.05) is 37.3 Å². The summed E-state index contributed by atoms with van der Waals surface area (Å²) in [7, 11) is 1.49. The molecule has 0 aromatic heterocycles. The minimum atomic E-state index is -0.400. The molecule has 2 N–H and O–H groups in total. The van der Waals surface area contributed by atoms with Gasteiger partial charge in [-0.2, -0.15) is 0 Å². The first-order valence-corrected chi connectivity index (χ1v) is 7.74. The van der Waals surface area contributed by atoms with Crippen molar-refractivity contribution in [1.29, 1.82) is 0 Å². The summed E-state index contributed by atoms with van der Waals surface area (Å²) >= 11 is 0. The van der Waals surface area contributed by atoms with E-state index in [1.165, 1.54) is 39.0 Å². The Morgan fingerprint density at radius 1 is 1.29 bits per heavy atom. The predicted octanol–water partition coefficient (Wildman–Crippen LogP) is 2.48. The van der Waals surface area contributed by atoms with Crippen LogP contribution < -0.4 is 15.4 Å². The van der Waals surface area contributed by atoms with Gasteiger partial charge in [-0.05, 0) is 26.3 Å². The van der Waals surface area contributed by atoms with Crippen LogP contribution in [0.4, 0.5) is 15.8 Å². The first-order valence-electron chi connectivity index (χ1n) is 7.74. The van der Waals surface area contributed by atoms with Crippen molar-refractivity contribution in [3.8, 4) is 5.75 Å². The molecule has 2 aliphatic rings. The summed E-state index contributed by atoms with van der Waals surface area (Å²) in [5.41, 5.74) is 7.44. The standard InChI is InChI=1S/C16H24FN3O/c1-11-9-19-6-4-3-5-12(19)10-20(11)15-8-16(21-2)13(17)7-14(15)18/h7-8,11-12H,3-6,9-10,18H2,1-2H3. The number of nitrogens with two attached hydrogens (primary N) is 1. The Labute approximate surface area is 125 Å². The minimum absolute atomic E-state index is 0.262. The second kappa shape index (κ2) is 5.72. The molecule has 0 amide bonds. The number of benzene rings is 1. The quantitative estimate of drug-likeness (QED) is 0.851. The average Bonchev–Trinajstić information content (AvgIpc) is 2.47. The predicted molar refractivity (Wildman–Crippen MR) is 83.4 cm³/mol. The van der Waals surface area contributed by atoms with Gasteiger partial charge in [0.2, 0.25) is 0 Å². The number of methoxy groups -OCH3 is 1. The highest BCUT2D eigenvalue weighted by molar-refractivity contribution is 5.70. The van der Waals surface area contributed by atoms with E-state index in [0.29, 0.717) is 17.8 Å². The number of piperidine rings is 1. The number of anilines is 2. The third-order valence-electron chi connectivity index (χ3n) is 4.80. The number of ether oxygens (including phenoxy) is 1. The van der Waals surface area contributed by atoms with Gasteiger partial charge in [-0.25, -0.2) is 4.39 Å². The lowest BCUT2D eigenvalue weighted by atomic mass is 9.96. The van der Waals surface area contributed by atoms with Crippen LogP contribution in [0.3, 0.4) is 0 Å². The number of halogens is 1. The third kappa shape index (κ3) is 2.67. The van der Waals surface area contributed by atoms with Crippen molar-refractivity contribution in [2.45, 2.75) is 38.3 Å². The molecule has 2 unspecified atom stereocenters. The van der Waals surface area contributed by atoms with E-state index in [2.05, 4.69) is 16.7 Å². The van der Waals surface area contributed by atoms with Crippen LogP contribution in [0.25, 0.3) is 0 Å². The maximum Gasteiger partial charge on any atom is 0.167 e. The van der Waals surface area contributed by atoms with Crippen LogP contribution in [0.15, 0.2) is 12.1 Å². The van der Waals surface area contributed by atoms with Gasteiger partial charge in [-0.15, -0.1) is 0 Å². The number of fused-ring (bicyclic) bond motifs is 1. The van der Waals surface area contributed by atoms with E-state index in [4.69, 9.17) is 10.5 Å². The molecular weight excluding hydrogens is 269 g/mol. The maximum absolute atomic E-state index is 13.7. The van der Waals surface area contributed by atoms with Crippen molar-refractivity contribution in [3.63, 3.8) is 0 Å². The van der Waals surface area contributed by atoms with E-state index in [1.807, 2.05) is 0 Å². The summed E-state index contributed by atoms with van der Waals surface area (Å²) in [6.07, 6.45) is 3.84. The van der Waals surface area contributed by atoms with Crippen LogP contribution in [0.1, 0.15) is 26.2 Å². The Bertz CT molecular complexity index is 522. The fourth-order valence-electron chi connectivity index (χ4n) is 3.65. The molecule has 1 aromatic rings. The second-order valence-corrected chi connectivity index (χ2v) is 6.19. The highest BCUT2D eigenvalue weighted by atomic mass is 19.1. The van der Waals surface area contributed by atoms with E-state index in [9.17, 15) is 4.39 Å². The van der Waals surface area contributed by atoms with Crippen molar-refractivity contribution >= 4 is 11.4 Å². The Morgan fingerprint density at radius 3 is 2.86 bits per heavy atom. The van der Waals surface area contributed by atoms with Gasteiger partial charge in [0.15, 0.2) is 11.6 Å². The monoisotopic (exact) mass is 293 g/mol. The van der Waals surface area contributed by atoms with Gasteiger partial charge in [-0.1, -0.05) is 6.42 Å². The van der Waals surface area contributed by atoms with Crippen molar-refractivity contribution in [2.75, 3.05) is 37.4 Å². The van der Waals surface area contributed by atoms with Crippen molar-refractivity contribution < 1.29 is 9.13 Å². The van der Waals surface area contributed by atoms with Crippen LogP contribution >= 0.6 is 0 Å². The number of nitrogens with zero attached hydrogens (tertiary/aromatic N) is 2. The normalized spacial score (nSPS) is 26.5. The molecule has 3 rings (SSSR count). The van der Waals surface area contributed by atoms with Gasteiger partial charge >= 0.3 is 0 Å². The largest absolute Gasteiger partial charge is 0.494 e. The van der Waals surface area contributed by atoms with Crippen LogP contribution in [0, 0.1) is 5.82 Å². The van der Waals surface area contributed by atoms with Crippen LogP contribution in [-0.2, 0) is 0 Å². The van der Waals surface area contributed by atoms with E-state index >= 15 is 0 Å². The first-order chi connectivity index (χ1) is 10.1. The second-order valence-electron chi connectivity index (χ2n) is 6.19. The number of rotatable bonds is 2. The molecule has 2 saturated heterocycles. The molecule has 0 saturated carbocycles. The Morgan fingerprint density at radius 2 is 2.10 bits per heavy atom. The lowest BCUT2D eigenvalue weighted by molar-refractivity contribution is 0.115. The van der Waals surface area contributed by atoms with Gasteiger partial charge in [0.1, 0.15) is 0 Å². The maximum atomic E-state index is 13.7. The third-order valence-corrected chi connectivity index (χ3v) is 4.80. The fourth-order valence-corrected chi connectivity index (χ4v) is 3.65. The molecule has 2 fully saturated rings. The van der Waals surface area contributed by atoms with Crippen LogP contribution in [-0.4, -0.2) is 43.7 Å². The van der Waals surface area contributed by atoms with Crippen LogP contribution in [0.2, 0.25) is 0 Å². The SMILES string of the molecule is COc1cc(N2CC3CCCCN3CC2C)c(N)cc1F.